The molecule has 1 fully saturated rings. The number of benzene rings is 2. The van der Waals surface area contributed by atoms with Gasteiger partial charge in [-0.3, -0.25) is 0 Å². The highest BCUT2D eigenvalue weighted by atomic mass is 35.5. The highest BCUT2D eigenvalue weighted by molar-refractivity contribution is 7.98. The topological polar surface area (TPSA) is 12.0 Å². The maximum absolute atomic E-state index is 6.06. The SMILES string of the molecule is CSc1ccccc1NC1CC(c2cccc(Cl)c2)C1. The zero-order valence-corrected chi connectivity index (χ0v) is 13.0. The van der Waals surface area contributed by atoms with Crippen molar-refractivity contribution in [2.24, 2.45) is 0 Å². The van der Waals surface area contributed by atoms with Crippen LogP contribution in [0.15, 0.2) is 53.4 Å². The number of hydrogen-bond donors (Lipinski definition) is 1. The van der Waals surface area contributed by atoms with Gasteiger partial charge in [-0.2, -0.15) is 0 Å². The van der Waals surface area contributed by atoms with E-state index in [1.165, 1.54) is 29.0 Å². The second kappa shape index (κ2) is 6.11. The van der Waals surface area contributed by atoms with Crippen LogP contribution in [0.25, 0.3) is 0 Å². The Balaban J connectivity index is 1.61. The molecule has 1 N–H and O–H groups in total. The minimum Gasteiger partial charge on any atom is -0.381 e. The van der Waals surface area contributed by atoms with E-state index < -0.39 is 0 Å². The first-order valence-corrected chi connectivity index (χ1v) is 8.51. The Kier molecular flexibility index (Phi) is 4.23. The van der Waals surface area contributed by atoms with Crippen LogP contribution in [0.4, 0.5) is 5.69 Å². The zero-order valence-electron chi connectivity index (χ0n) is 11.5. The molecule has 3 rings (SSSR count). The van der Waals surface area contributed by atoms with Gasteiger partial charge in [-0.25, -0.2) is 0 Å². The van der Waals surface area contributed by atoms with E-state index in [1.54, 1.807) is 11.8 Å². The van der Waals surface area contributed by atoms with Crippen LogP contribution < -0.4 is 5.32 Å². The van der Waals surface area contributed by atoms with E-state index in [1.807, 2.05) is 12.1 Å². The van der Waals surface area contributed by atoms with Gasteiger partial charge in [0, 0.05) is 21.6 Å². The van der Waals surface area contributed by atoms with E-state index in [0.717, 1.165) is 5.02 Å². The van der Waals surface area contributed by atoms with E-state index in [4.69, 9.17) is 11.6 Å². The van der Waals surface area contributed by atoms with Gasteiger partial charge in [-0.1, -0.05) is 35.9 Å². The molecule has 0 amide bonds. The molecule has 0 radical (unpaired) electrons. The molecular formula is C17H18ClNS. The fraction of sp³-hybridized carbons (Fsp3) is 0.294. The molecule has 0 atom stereocenters. The number of anilines is 1. The van der Waals surface area contributed by atoms with Gasteiger partial charge in [-0.15, -0.1) is 11.8 Å². The van der Waals surface area contributed by atoms with Crippen LogP contribution in [0.5, 0.6) is 0 Å². The average Bonchev–Trinajstić information content (AvgIpc) is 2.42. The largest absolute Gasteiger partial charge is 0.381 e. The lowest BCUT2D eigenvalue weighted by atomic mass is 9.76. The van der Waals surface area contributed by atoms with Gasteiger partial charge in [-0.05, 0) is 54.8 Å². The van der Waals surface area contributed by atoms with Crippen molar-refractivity contribution in [1.29, 1.82) is 0 Å². The molecule has 2 aromatic rings. The van der Waals surface area contributed by atoms with Gasteiger partial charge in [0.1, 0.15) is 0 Å². The normalized spacial score (nSPS) is 21.3. The standard InChI is InChI=1S/C17H18ClNS/c1-20-17-8-3-2-7-16(17)19-15-10-13(11-15)12-5-4-6-14(18)9-12/h2-9,13,15,19H,10-11H2,1H3. The van der Waals surface area contributed by atoms with Crippen LogP contribution in [0, 0.1) is 0 Å². The summed E-state index contributed by atoms with van der Waals surface area (Å²) in [7, 11) is 0. The molecule has 3 heteroatoms. The molecule has 1 aliphatic carbocycles. The third-order valence-corrected chi connectivity index (χ3v) is 4.96. The molecule has 0 unspecified atom stereocenters. The molecule has 1 saturated carbocycles. The quantitative estimate of drug-likeness (QED) is 0.757. The number of nitrogens with one attached hydrogen (secondary N) is 1. The van der Waals surface area contributed by atoms with Crippen molar-refractivity contribution in [3.8, 4) is 0 Å². The molecular weight excluding hydrogens is 286 g/mol. The summed E-state index contributed by atoms with van der Waals surface area (Å²) in [6, 6.07) is 17.4. The summed E-state index contributed by atoms with van der Waals surface area (Å²) in [6.45, 7) is 0. The Hall–Kier alpha value is -1.12. The van der Waals surface area contributed by atoms with Crippen LogP contribution >= 0.6 is 23.4 Å². The van der Waals surface area contributed by atoms with Crippen molar-refractivity contribution in [2.45, 2.75) is 29.7 Å². The second-order valence-corrected chi connectivity index (χ2v) is 6.55. The molecule has 0 bridgehead atoms. The molecule has 20 heavy (non-hydrogen) atoms. The lowest BCUT2D eigenvalue weighted by Crippen LogP contribution is -2.34. The van der Waals surface area contributed by atoms with E-state index in [0.29, 0.717) is 12.0 Å². The Morgan fingerprint density at radius 3 is 2.65 bits per heavy atom. The molecule has 104 valence electrons. The minimum absolute atomic E-state index is 0.576. The summed E-state index contributed by atoms with van der Waals surface area (Å²) in [4.78, 5) is 1.32. The average molecular weight is 304 g/mol. The van der Waals surface area contributed by atoms with E-state index in [2.05, 4.69) is 48.0 Å². The first-order valence-electron chi connectivity index (χ1n) is 6.91. The van der Waals surface area contributed by atoms with E-state index >= 15 is 0 Å². The first kappa shape index (κ1) is 13.8. The maximum atomic E-state index is 6.06. The predicted molar refractivity (Wildman–Crippen MR) is 89.1 cm³/mol. The van der Waals surface area contributed by atoms with Crippen LogP contribution in [0.2, 0.25) is 5.02 Å². The fourth-order valence-corrected chi connectivity index (χ4v) is 3.51. The second-order valence-electron chi connectivity index (χ2n) is 5.26. The molecule has 0 saturated heterocycles. The highest BCUT2D eigenvalue weighted by Gasteiger charge is 2.30. The minimum atomic E-state index is 0.576. The summed E-state index contributed by atoms with van der Waals surface area (Å²) < 4.78 is 0. The number of rotatable bonds is 4. The van der Waals surface area contributed by atoms with Crippen molar-refractivity contribution in [2.75, 3.05) is 11.6 Å². The monoisotopic (exact) mass is 303 g/mol. The van der Waals surface area contributed by atoms with E-state index in [9.17, 15) is 0 Å². The van der Waals surface area contributed by atoms with Gasteiger partial charge < -0.3 is 5.32 Å². The van der Waals surface area contributed by atoms with Crippen LogP contribution in [0.3, 0.4) is 0 Å². The summed E-state index contributed by atoms with van der Waals surface area (Å²) in [5.41, 5.74) is 2.63. The summed E-state index contributed by atoms with van der Waals surface area (Å²) in [5.74, 6) is 0.646. The van der Waals surface area contributed by atoms with Gasteiger partial charge in [0.15, 0.2) is 0 Å². The van der Waals surface area contributed by atoms with Gasteiger partial charge >= 0.3 is 0 Å². The fourth-order valence-electron chi connectivity index (χ4n) is 2.75. The lowest BCUT2D eigenvalue weighted by molar-refractivity contribution is 0.374. The van der Waals surface area contributed by atoms with Crippen molar-refractivity contribution < 1.29 is 0 Å². The number of hydrogen-bond acceptors (Lipinski definition) is 2. The molecule has 2 aromatic carbocycles. The van der Waals surface area contributed by atoms with Crippen molar-refractivity contribution in [1.82, 2.24) is 0 Å². The summed E-state index contributed by atoms with van der Waals surface area (Å²) >= 11 is 7.85. The Morgan fingerprint density at radius 2 is 1.90 bits per heavy atom. The van der Waals surface area contributed by atoms with Crippen LogP contribution in [-0.2, 0) is 0 Å². The number of halogens is 1. The molecule has 0 heterocycles. The zero-order chi connectivity index (χ0) is 13.9. The lowest BCUT2D eigenvalue weighted by Gasteiger charge is -2.37. The van der Waals surface area contributed by atoms with Crippen LogP contribution in [0.1, 0.15) is 24.3 Å². The van der Waals surface area contributed by atoms with Gasteiger partial charge in [0.25, 0.3) is 0 Å². The van der Waals surface area contributed by atoms with Crippen molar-refractivity contribution in [3.63, 3.8) is 0 Å². The van der Waals surface area contributed by atoms with Crippen molar-refractivity contribution >= 4 is 29.1 Å². The first-order chi connectivity index (χ1) is 9.76. The molecule has 0 aromatic heterocycles. The Bertz CT molecular complexity index is 593. The Labute approximate surface area is 129 Å². The number of thioether (sulfide) groups is 1. The predicted octanol–water partition coefficient (Wildman–Crippen LogP) is 5.42. The molecule has 0 spiro atoms. The maximum Gasteiger partial charge on any atom is 0.0480 e. The molecule has 0 aliphatic heterocycles. The van der Waals surface area contributed by atoms with Gasteiger partial charge in [0.05, 0.1) is 0 Å². The summed E-state index contributed by atoms with van der Waals surface area (Å²) in [5, 5.41) is 4.50. The Morgan fingerprint density at radius 1 is 1.10 bits per heavy atom. The van der Waals surface area contributed by atoms with Crippen LogP contribution in [-0.4, -0.2) is 12.3 Å². The number of para-hydroxylation sites is 1. The summed E-state index contributed by atoms with van der Waals surface area (Å²) in [6.07, 6.45) is 4.49. The van der Waals surface area contributed by atoms with E-state index in [-0.39, 0.29) is 0 Å². The van der Waals surface area contributed by atoms with Gasteiger partial charge in [0.2, 0.25) is 0 Å². The smallest absolute Gasteiger partial charge is 0.0480 e. The third-order valence-electron chi connectivity index (χ3n) is 3.92. The molecule has 1 nitrogen and oxygen atoms in total. The van der Waals surface area contributed by atoms with Crippen molar-refractivity contribution in [3.05, 3.63) is 59.1 Å². The highest BCUT2D eigenvalue weighted by Crippen LogP contribution is 2.40. The molecule has 1 aliphatic rings. The third kappa shape index (κ3) is 2.97.